The van der Waals surface area contributed by atoms with Crippen LogP contribution in [0.15, 0.2) is 12.3 Å². The Balaban J connectivity index is 1.83. The molecule has 13 heteroatoms. The van der Waals surface area contributed by atoms with Crippen molar-refractivity contribution in [3.8, 4) is 11.6 Å². The van der Waals surface area contributed by atoms with Crippen LogP contribution in [-0.2, 0) is 22.7 Å². The Labute approximate surface area is 220 Å². The van der Waals surface area contributed by atoms with Gasteiger partial charge in [-0.3, -0.25) is 9.36 Å². The van der Waals surface area contributed by atoms with E-state index in [9.17, 15) is 27.1 Å². The average molecular weight is 563 g/mol. The summed E-state index contributed by atoms with van der Waals surface area (Å²) in [6, 6.07) is 1.49. The van der Waals surface area contributed by atoms with Crippen molar-refractivity contribution in [3.05, 3.63) is 34.5 Å². The normalized spacial score (nSPS) is 20.3. The lowest BCUT2D eigenvalue weighted by Crippen LogP contribution is -2.47. The molecule has 2 N–H and O–H groups in total. The molecule has 0 saturated heterocycles. The number of amides is 1. The van der Waals surface area contributed by atoms with Gasteiger partial charge in [-0.15, -0.1) is 0 Å². The molecule has 206 valence electrons. The highest BCUT2D eigenvalue weighted by Gasteiger charge is 2.37. The molecular weight excluding hydrogens is 530 g/mol. The number of hydrogen-bond donors (Lipinski definition) is 2. The Hall–Kier alpha value is -2.31. The summed E-state index contributed by atoms with van der Waals surface area (Å²) in [5, 5.41) is 12.8. The second-order valence-corrected chi connectivity index (χ2v) is 12.1. The molecule has 2 aromatic heterocycles. The summed E-state index contributed by atoms with van der Waals surface area (Å²) in [6.07, 6.45) is 6.51. The Morgan fingerprint density at radius 1 is 1.35 bits per heavy atom. The first kappa shape index (κ1) is 29.2. The number of aromatic nitrogens is 3. The topological polar surface area (TPSA) is 123 Å². The molecule has 0 radical (unpaired) electrons. The maximum absolute atomic E-state index is 13.2. The van der Waals surface area contributed by atoms with Gasteiger partial charge in [0.25, 0.3) is 5.91 Å². The highest BCUT2D eigenvalue weighted by atomic mass is 35.5. The number of pyridine rings is 1. The number of ether oxygens (including phenoxy) is 1. The van der Waals surface area contributed by atoms with Crippen molar-refractivity contribution in [2.75, 3.05) is 12.8 Å². The zero-order valence-corrected chi connectivity index (χ0v) is 22.7. The van der Waals surface area contributed by atoms with Crippen LogP contribution < -0.4 is 10.1 Å². The van der Waals surface area contributed by atoms with Gasteiger partial charge in [0.15, 0.2) is 17.3 Å². The molecule has 0 bridgehead atoms. The van der Waals surface area contributed by atoms with Crippen LogP contribution in [0, 0.1) is 0 Å². The van der Waals surface area contributed by atoms with Gasteiger partial charge in [0.05, 0.1) is 10.9 Å². The molecule has 0 unspecified atom stereocenters. The third kappa shape index (κ3) is 7.17. The van der Waals surface area contributed by atoms with E-state index >= 15 is 0 Å². The molecular formula is C24H33ClF2N4O5S. The number of halogens is 3. The number of aliphatic hydroxyl groups is 1. The summed E-state index contributed by atoms with van der Waals surface area (Å²) >= 11 is 6.52. The molecule has 0 aromatic carbocycles. The maximum Gasteiger partial charge on any atom is 0.387 e. The summed E-state index contributed by atoms with van der Waals surface area (Å²) in [6.45, 7) is 0.582. The lowest BCUT2D eigenvalue weighted by atomic mass is 9.84. The highest BCUT2D eigenvalue weighted by Crippen LogP contribution is 2.33. The van der Waals surface area contributed by atoms with Crippen LogP contribution in [0.4, 0.5) is 8.78 Å². The van der Waals surface area contributed by atoms with E-state index in [1.54, 1.807) is 13.1 Å². The van der Waals surface area contributed by atoms with Crippen LogP contribution in [0.25, 0.3) is 5.82 Å². The van der Waals surface area contributed by atoms with E-state index in [1.165, 1.54) is 16.9 Å². The maximum atomic E-state index is 13.2. The molecule has 0 spiro atoms. The summed E-state index contributed by atoms with van der Waals surface area (Å²) < 4.78 is 56.0. The number of alkyl halides is 2. The monoisotopic (exact) mass is 562 g/mol. The first-order chi connectivity index (χ1) is 17.4. The van der Waals surface area contributed by atoms with Crippen LogP contribution in [0.3, 0.4) is 0 Å². The number of unbranched alkanes of at least 4 members (excludes halogenated alkanes) is 1. The van der Waals surface area contributed by atoms with Gasteiger partial charge in [0, 0.05) is 25.4 Å². The number of nitrogens with zero attached hydrogens (tertiary/aromatic N) is 3. The smallest absolute Gasteiger partial charge is 0.387 e. The molecule has 3 rings (SSSR count). The fraction of sp³-hybridized carbons (Fsp3) is 0.625. The van der Waals surface area contributed by atoms with Gasteiger partial charge in [0.1, 0.15) is 20.8 Å². The Morgan fingerprint density at radius 2 is 2.03 bits per heavy atom. The van der Waals surface area contributed by atoms with Gasteiger partial charge >= 0.3 is 6.61 Å². The van der Waals surface area contributed by atoms with E-state index in [2.05, 4.69) is 15.3 Å². The molecule has 1 aliphatic rings. The van der Waals surface area contributed by atoms with Crippen molar-refractivity contribution in [2.24, 2.45) is 0 Å². The third-order valence-corrected chi connectivity index (χ3v) is 8.64. The summed E-state index contributed by atoms with van der Waals surface area (Å²) in [5.41, 5.74) is -0.674. The molecule has 2 aromatic rings. The molecule has 2 heterocycles. The fourth-order valence-electron chi connectivity index (χ4n) is 4.45. The predicted octanol–water partition coefficient (Wildman–Crippen LogP) is 3.88. The van der Waals surface area contributed by atoms with Gasteiger partial charge in [-0.2, -0.15) is 8.78 Å². The van der Waals surface area contributed by atoms with Crippen molar-refractivity contribution >= 4 is 27.3 Å². The Kier molecular flexibility index (Phi) is 9.52. The lowest BCUT2D eigenvalue weighted by Gasteiger charge is -2.35. The number of hydrogen-bond acceptors (Lipinski definition) is 7. The van der Waals surface area contributed by atoms with E-state index < -0.39 is 33.2 Å². The number of rotatable bonds is 11. The minimum Gasteiger partial charge on any atom is -0.431 e. The zero-order chi connectivity index (χ0) is 27.4. The highest BCUT2D eigenvalue weighted by molar-refractivity contribution is 7.91. The molecule has 0 atom stereocenters. The number of sulfone groups is 1. The summed E-state index contributed by atoms with van der Waals surface area (Å²) in [5.74, 6) is -0.531. The Bertz CT molecular complexity index is 1210. The van der Waals surface area contributed by atoms with Crippen molar-refractivity contribution in [2.45, 2.75) is 82.7 Å². The van der Waals surface area contributed by atoms with E-state index in [1.807, 2.05) is 6.92 Å². The first-order valence-electron chi connectivity index (χ1n) is 12.3. The fourth-order valence-corrected chi connectivity index (χ4v) is 5.85. The summed E-state index contributed by atoms with van der Waals surface area (Å²) in [7, 11) is -3.20. The minimum absolute atomic E-state index is 0.00771. The van der Waals surface area contributed by atoms with Gasteiger partial charge < -0.3 is 15.2 Å². The van der Waals surface area contributed by atoms with E-state index in [0.29, 0.717) is 31.5 Å². The third-order valence-electron chi connectivity index (χ3n) is 6.61. The van der Waals surface area contributed by atoms with Gasteiger partial charge in [0.2, 0.25) is 0 Å². The second-order valence-electron chi connectivity index (χ2n) is 9.44. The van der Waals surface area contributed by atoms with Crippen LogP contribution >= 0.6 is 11.6 Å². The van der Waals surface area contributed by atoms with Crippen molar-refractivity contribution in [3.63, 3.8) is 0 Å². The van der Waals surface area contributed by atoms with Gasteiger partial charge in [-0.1, -0.05) is 31.9 Å². The number of imidazole rings is 1. The van der Waals surface area contributed by atoms with Crippen molar-refractivity contribution in [1.82, 2.24) is 19.9 Å². The predicted molar refractivity (Wildman–Crippen MR) is 135 cm³/mol. The van der Waals surface area contributed by atoms with Gasteiger partial charge in [-0.25, -0.2) is 18.4 Å². The number of nitrogens with one attached hydrogen (secondary N) is 1. The van der Waals surface area contributed by atoms with Crippen LogP contribution in [-0.4, -0.2) is 64.2 Å². The molecule has 1 amide bonds. The molecule has 1 saturated carbocycles. The molecule has 37 heavy (non-hydrogen) atoms. The van der Waals surface area contributed by atoms with Gasteiger partial charge in [-0.05, 0) is 50.2 Å². The van der Waals surface area contributed by atoms with E-state index in [-0.39, 0.29) is 41.8 Å². The SMILES string of the molecule is CCCCc1cnc(-n2c(CC)nc(C(=O)NCC3(O)CCC(S(C)(=O)=O)CC3)c2Cl)c(OC(F)F)c1. The lowest BCUT2D eigenvalue weighted by molar-refractivity contribution is -0.0501. The zero-order valence-electron chi connectivity index (χ0n) is 21.1. The largest absolute Gasteiger partial charge is 0.431 e. The van der Waals surface area contributed by atoms with Crippen LogP contribution in [0.1, 0.15) is 74.2 Å². The van der Waals surface area contributed by atoms with E-state index in [4.69, 9.17) is 16.3 Å². The van der Waals surface area contributed by atoms with E-state index in [0.717, 1.165) is 18.4 Å². The standard InChI is InChI=1S/C24H33ClF2N4O5S/c1-4-6-7-15-12-17(36-23(26)27)21(28-13-15)31-18(5-2)30-19(20(31)25)22(32)29-14-24(33)10-8-16(9-11-24)37(3,34)35/h12-13,16,23,33H,4-11,14H2,1-3H3,(H,29,32). The molecule has 0 aliphatic heterocycles. The molecule has 9 nitrogen and oxygen atoms in total. The van der Waals surface area contributed by atoms with Crippen LogP contribution in [0.5, 0.6) is 5.75 Å². The quantitative estimate of drug-likeness (QED) is 0.426. The van der Waals surface area contributed by atoms with Crippen molar-refractivity contribution in [1.29, 1.82) is 0 Å². The number of carbonyl (C=O) groups excluding carboxylic acids is 1. The molecule has 1 fully saturated rings. The van der Waals surface area contributed by atoms with Crippen molar-refractivity contribution < 1.29 is 31.8 Å². The first-order valence-corrected chi connectivity index (χ1v) is 14.6. The van der Waals surface area contributed by atoms with Crippen LogP contribution in [0.2, 0.25) is 5.15 Å². The second kappa shape index (κ2) is 12.0. The Morgan fingerprint density at radius 3 is 2.59 bits per heavy atom. The number of aryl methyl sites for hydroxylation is 2. The molecule has 1 aliphatic carbocycles. The number of carbonyl (C=O) groups is 1. The minimum atomic E-state index is -3.20. The summed E-state index contributed by atoms with van der Waals surface area (Å²) in [4.78, 5) is 21.6. The average Bonchev–Trinajstić information content (AvgIpc) is 3.17.